The van der Waals surface area contributed by atoms with Crippen LogP contribution in [0.25, 0.3) is 21.7 Å². The lowest BCUT2D eigenvalue weighted by molar-refractivity contribution is -0.274. The summed E-state index contributed by atoms with van der Waals surface area (Å²) in [5, 5.41) is 19.0. The number of alkyl halides is 4. The van der Waals surface area contributed by atoms with Crippen LogP contribution in [0.2, 0.25) is 0 Å². The van der Waals surface area contributed by atoms with E-state index < -0.39 is 77.5 Å². The molecule has 3 aromatic heterocycles. The van der Waals surface area contributed by atoms with Crippen LogP contribution in [-0.2, 0) is 57.7 Å². The minimum atomic E-state index is -4.85. The molecule has 2 aliphatic rings. The van der Waals surface area contributed by atoms with Crippen molar-refractivity contribution >= 4 is 46.8 Å². The molecule has 84 heavy (non-hydrogen) atoms. The quantitative estimate of drug-likeness (QED) is 0.0336. The van der Waals surface area contributed by atoms with Gasteiger partial charge in [-0.05, 0) is 60.1 Å². The maximum atomic E-state index is 15.4. The van der Waals surface area contributed by atoms with Crippen LogP contribution in [0.4, 0.5) is 17.6 Å². The number of hydrogen-bond acceptors (Lipinski definition) is 16. The summed E-state index contributed by atoms with van der Waals surface area (Å²) in [6.45, 7) is 8.19. The van der Waals surface area contributed by atoms with Crippen molar-refractivity contribution in [3.8, 4) is 33.3 Å². The monoisotopic (exact) mass is 1190 g/mol. The minimum Gasteiger partial charge on any atom is -0.471 e. The molecule has 5 atom stereocenters. The Morgan fingerprint density at radius 2 is 1.55 bits per heavy atom. The van der Waals surface area contributed by atoms with Crippen LogP contribution in [0.3, 0.4) is 0 Å². The second kappa shape index (κ2) is 29.8. The van der Waals surface area contributed by atoms with Gasteiger partial charge in [-0.3, -0.25) is 28.8 Å². The number of piperidine rings is 1. The van der Waals surface area contributed by atoms with Gasteiger partial charge in [-0.1, -0.05) is 57.2 Å². The first-order valence-electron chi connectivity index (χ1n) is 27.3. The number of thiazole rings is 1. The first kappa shape index (κ1) is 64.0. The molecule has 0 aliphatic carbocycles. The highest BCUT2D eigenvalue weighted by atomic mass is 32.1. The van der Waals surface area contributed by atoms with Gasteiger partial charge in [-0.2, -0.15) is 0 Å². The maximum absolute atomic E-state index is 15.4. The molecular weight excluding hydrogens is 1120 g/mol. The van der Waals surface area contributed by atoms with Crippen molar-refractivity contribution in [3.05, 3.63) is 101 Å². The zero-order chi connectivity index (χ0) is 60.6. The molecule has 1 unspecified atom stereocenters. The number of aryl methyl sites for hydroxylation is 2. The number of pyridine rings is 1. The number of unbranched alkanes of at least 4 members (excludes halogenated alkanes) is 1. The minimum absolute atomic E-state index is 0.0565. The number of aliphatic hydroxyl groups is 1. The van der Waals surface area contributed by atoms with Gasteiger partial charge in [0, 0.05) is 63.5 Å². The summed E-state index contributed by atoms with van der Waals surface area (Å²) in [4.78, 5) is 94.8. The van der Waals surface area contributed by atoms with Gasteiger partial charge in [-0.25, -0.2) is 19.3 Å². The van der Waals surface area contributed by atoms with E-state index in [1.165, 1.54) is 34.2 Å². The third-order valence-electron chi connectivity index (χ3n) is 13.7. The normalized spacial score (nSPS) is 17.6. The van der Waals surface area contributed by atoms with Gasteiger partial charge in [0.05, 0.1) is 73.6 Å². The van der Waals surface area contributed by atoms with Crippen LogP contribution >= 0.6 is 11.3 Å². The molecule has 0 spiro atoms. The van der Waals surface area contributed by atoms with Crippen molar-refractivity contribution in [1.82, 2.24) is 45.3 Å². The fourth-order valence-electron chi connectivity index (χ4n) is 9.32. The van der Waals surface area contributed by atoms with E-state index in [2.05, 4.69) is 35.6 Å². The average molecular weight is 1200 g/mol. The Balaban J connectivity index is 0.725. The predicted octanol–water partition coefficient (Wildman–Crippen LogP) is 4.69. The molecular formula is C57H70F4N10O12S. The van der Waals surface area contributed by atoms with Gasteiger partial charge >= 0.3 is 6.36 Å². The second-order valence-electron chi connectivity index (χ2n) is 21.3. The topological polar surface area (TPSA) is 281 Å². The number of hydrogen-bond donors (Lipinski definition) is 5. The number of nitrogens with two attached hydrogens (primary N) is 1. The molecule has 2 aromatic carbocycles. The number of carbonyl (C=O) groups excluding carboxylic acids is 6. The van der Waals surface area contributed by atoms with Crippen molar-refractivity contribution < 1.29 is 75.1 Å². The molecule has 0 radical (unpaired) electrons. The van der Waals surface area contributed by atoms with E-state index >= 15 is 4.39 Å². The lowest BCUT2D eigenvalue weighted by atomic mass is 9.85. The fraction of sp³-hybridized carbons (Fsp3) is 0.491. The Labute approximate surface area is 486 Å². The summed E-state index contributed by atoms with van der Waals surface area (Å²) < 4.78 is 80.8. The van der Waals surface area contributed by atoms with Crippen LogP contribution in [0.15, 0.2) is 78.8 Å². The van der Waals surface area contributed by atoms with Crippen molar-refractivity contribution in [2.45, 2.75) is 110 Å². The molecule has 6 N–H and O–H groups in total. The van der Waals surface area contributed by atoms with E-state index in [0.29, 0.717) is 42.8 Å². The summed E-state index contributed by atoms with van der Waals surface area (Å²) in [6.07, 6.45) is -2.41. The third-order valence-corrected chi connectivity index (χ3v) is 14.7. The maximum Gasteiger partial charge on any atom is 0.573 e. The number of rotatable bonds is 28. The number of aromatic nitrogens is 4. The smallest absolute Gasteiger partial charge is 0.471 e. The lowest BCUT2D eigenvalue weighted by Crippen LogP contribution is -2.58. The van der Waals surface area contributed by atoms with Gasteiger partial charge < -0.3 is 64.8 Å². The standard InChI is InChI=1S/C57H70F4N10O12S/c1-35-50(84-34-67-35)38-11-7-37(8-12-38)26-64-53(77)45-25-40(72)28-71(45)55(78)51(56(2,3)4)68-48(74)32-81-22-20-79-19-21-80-31-47(73)63-16-5-6-17-69-30-44(66-33-69)39-24-42(52(62)76)54(65-27-39)82-46-15-18-70(29-43(46)58)49(75)23-36-9-13-41(14-10-36)83-57(59,60)61/h7-14,24,27,30,33-34,40,43,45-46,51,72H,5-6,15-23,25-26,28-29,31-32H2,1-4H3,(H2,62,76)(H,63,73)(H,64,77)(H,68,74)/t40-,43-,45?,46-,51-/m1/s1. The zero-order valence-corrected chi connectivity index (χ0v) is 47.8. The molecule has 0 bridgehead atoms. The van der Waals surface area contributed by atoms with E-state index in [-0.39, 0.29) is 102 Å². The van der Waals surface area contributed by atoms with Gasteiger partial charge in [0.15, 0.2) is 6.17 Å². The SMILES string of the molecule is Cc1ncsc1-c1ccc(CNC(=O)C2C[C@@H](O)CN2C(=O)[C@@H](NC(=O)COCCOCCOCC(=O)NCCCCn2cnc(-c3cnc(O[C@@H]4CCN(C(=O)Cc5ccc(OC(F)(F)F)cc5)C[C@H]4F)c(C(N)=O)c3)c2)C(C)(C)C)cc1. The van der Waals surface area contributed by atoms with E-state index in [1.54, 1.807) is 50.1 Å². The third kappa shape index (κ3) is 19.0. The molecule has 7 rings (SSSR count). The Morgan fingerprint density at radius 3 is 2.20 bits per heavy atom. The summed E-state index contributed by atoms with van der Waals surface area (Å²) >= 11 is 1.55. The van der Waals surface area contributed by atoms with Crippen molar-refractivity contribution in [1.29, 1.82) is 0 Å². The van der Waals surface area contributed by atoms with Crippen molar-refractivity contribution in [2.24, 2.45) is 11.1 Å². The molecule has 27 heteroatoms. The number of carbonyl (C=O) groups is 6. The van der Waals surface area contributed by atoms with E-state index in [1.807, 2.05) is 35.8 Å². The summed E-state index contributed by atoms with van der Waals surface area (Å²) in [7, 11) is 0. The number of likely N-dealkylation sites (tertiary alicyclic amines) is 2. The Bertz CT molecular complexity index is 3030. The van der Waals surface area contributed by atoms with Crippen LogP contribution in [0.5, 0.6) is 11.6 Å². The van der Waals surface area contributed by atoms with E-state index in [0.717, 1.165) is 33.8 Å². The summed E-state index contributed by atoms with van der Waals surface area (Å²) in [5.41, 5.74) is 10.8. The zero-order valence-electron chi connectivity index (χ0n) is 47.0. The van der Waals surface area contributed by atoms with Crippen molar-refractivity contribution in [3.63, 3.8) is 0 Å². The molecule has 6 amide bonds. The number of β-amino-alcohol motifs (C(OH)–C–C–N with tert-alkyl or cyclic N) is 1. The number of imidazole rings is 1. The van der Waals surface area contributed by atoms with Crippen LogP contribution < -0.4 is 31.2 Å². The highest BCUT2D eigenvalue weighted by Crippen LogP contribution is 2.31. The number of aliphatic hydroxyl groups excluding tert-OH is 1. The first-order valence-corrected chi connectivity index (χ1v) is 28.2. The van der Waals surface area contributed by atoms with Gasteiger partial charge in [0.25, 0.3) is 5.91 Å². The Morgan fingerprint density at radius 1 is 0.857 bits per heavy atom. The highest BCUT2D eigenvalue weighted by Gasteiger charge is 2.44. The number of amides is 6. The number of benzene rings is 2. The molecule has 22 nitrogen and oxygen atoms in total. The fourth-order valence-corrected chi connectivity index (χ4v) is 10.1. The van der Waals surface area contributed by atoms with Crippen LogP contribution in [0.1, 0.15) is 73.6 Å². The molecule has 5 heterocycles. The van der Waals surface area contributed by atoms with Crippen molar-refractivity contribution in [2.75, 3.05) is 65.8 Å². The van der Waals surface area contributed by atoms with Crippen LogP contribution in [0, 0.1) is 12.3 Å². The molecule has 0 saturated carbocycles. The number of primary amides is 1. The van der Waals surface area contributed by atoms with E-state index in [4.69, 9.17) is 24.7 Å². The summed E-state index contributed by atoms with van der Waals surface area (Å²) in [5.74, 6) is -3.65. The number of nitrogens with one attached hydrogen (secondary N) is 3. The Kier molecular flexibility index (Phi) is 22.7. The Hall–Kier alpha value is -7.59. The first-order chi connectivity index (χ1) is 40.0. The number of ether oxygens (including phenoxy) is 5. The number of halogens is 4. The lowest BCUT2D eigenvalue weighted by Gasteiger charge is -2.35. The molecule has 454 valence electrons. The van der Waals surface area contributed by atoms with E-state index in [9.17, 15) is 47.0 Å². The van der Waals surface area contributed by atoms with Crippen LogP contribution in [-0.4, -0.2) is 173 Å². The molecule has 5 aromatic rings. The predicted molar refractivity (Wildman–Crippen MR) is 298 cm³/mol. The summed E-state index contributed by atoms with van der Waals surface area (Å²) in [6, 6.07) is 12.1. The van der Waals surface area contributed by atoms with Gasteiger partial charge in [-0.15, -0.1) is 24.5 Å². The number of nitrogens with zero attached hydrogens (tertiary/aromatic N) is 6. The van der Waals surface area contributed by atoms with Gasteiger partial charge in [0.2, 0.25) is 35.4 Å². The molecule has 2 aliphatic heterocycles. The second-order valence-corrected chi connectivity index (χ2v) is 22.2. The molecule has 2 fully saturated rings. The van der Waals surface area contributed by atoms with Gasteiger partial charge in [0.1, 0.15) is 42.7 Å². The largest absolute Gasteiger partial charge is 0.573 e. The average Bonchev–Trinajstić information content (AvgIpc) is 4.36. The molecule has 2 saturated heterocycles. The highest BCUT2D eigenvalue weighted by molar-refractivity contribution is 7.13.